The molecule has 17 heavy (non-hydrogen) atoms. The Kier molecular flexibility index (Phi) is 3.97. The Labute approximate surface area is 95.8 Å². The third-order valence-electron chi connectivity index (χ3n) is 2.08. The Morgan fingerprint density at radius 3 is 2.76 bits per heavy atom. The summed E-state index contributed by atoms with van der Waals surface area (Å²) in [7, 11) is 0. The monoisotopic (exact) mass is 250 g/mol. The van der Waals surface area contributed by atoms with E-state index in [1.807, 2.05) is 0 Å². The summed E-state index contributed by atoms with van der Waals surface area (Å²) < 4.78 is 37.0. The molecule has 8 heteroatoms. The van der Waals surface area contributed by atoms with E-state index in [1.54, 1.807) is 6.92 Å². The number of hydrogen-bond acceptors (Lipinski definition) is 3. The Bertz CT molecular complexity index is 399. The summed E-state index contributed by atoms with van der Waals surface area (Å²) in [4.78, 5) is 11.6. The molecule has 0 aliphatic rings. The first-order valence-corrected chi connectivity index (χ1v) is 5.01. The van der Waals surface area contributed by atoms with Gasteiger partial charge in [0, 0.05) is 13.1 Å². The van der Waals surface area contributed by atoms with Gasteiger partial charge in [-0.25, -0.2) is 0 Å². The number of nitrogen functional groups attached to an aromatic ring is 1. The maximum atomic E-state index is 11.9. The van der Waals surface area contributed by atoms with E-state index in [4.69, 9.17) is 5.73 Å². The number of anilines is 1. The van der Waals surface area contributed by atoms with Crippen LogP contribution in [0.3, 0.4) is 0 Å². The van der Waals surface area contributed by atoms with E-state index in [0.29, 0.717) is 6.54 Å². The highest BCUT2D eigenvalue weighted by Gasteiger charge is 2.27. The summed E-state index contributed by atoms with van der Waals surface area (Å²) in [6, 6.07) is 0. The molecule has 1 rings (SSSR count). The summed E-state index contributed by atoms with van der Waals surface area (Å²) in [6.07, 6.45) is -4.06. The molecule has 96 valence electrons. The van der Waals surface area contributed by atoms with Gasteiger partial charge < -0.3 is 11.1 Å². The topological polar surface area (TPSA) is 72.9 Å². The molecule has 0 aromatic carbocycles. The Morgan fingerprint density at radius 2 is 2.24 bits per heavy atom. The standard InChI is InChI=1S/C9H13F3N4O/c1-2-16-7(6(13)5-15-16)8(17)14-4-3-9(10,11)12/h5H,2-4,13H2,1H3,(H,14,17). The fourth-order valence-electron chi connectivity index (χ4n) is 1.29. The number of nitrogens with zero attached hydrogens (tertiary/aromatic N) is 2. The molecule has 1 heterocycles. The number of nitrogens with one attached hydrogen (secondary N) is 1. The van der Waals surface area contributed by atoms with Crippen LogP contribution in [0.15, 0.2) is 6.20 Å². The van der Waals surface area contributed by atoms with Crippen LogP contribution in [0.1, 0.15) is 23.8 Å². The first-order chi connectivity index (χ1) is 7.85. The minimum atomic E-state index is -4.29. The first-order valence-electron chi connectivity index (χ1n) is 5.01. The number of amides is 1. The van der Waals surface area contributed by atoms with E-state index in [-0.39, 0.29) is 11.4 Å². The molecule has 1 aromatic heterocycles. The van der Waals surface area contributed by atoms with Crippen molar-refractivity contribution in [2.45, 2.75) is 26.1 Å². The molecule has 0 aliphatic heterocycles. The molecular formula is C9H13F3N4O. The normalized spacial score (nSPS) is 11.5. The largest absolute Gasteiger partial charge is 0.396 e. The molecule has 0 fully saturated rings. The molecule has 1 aromatic rings. The number of alkyl halides is 3. The highest BCUT2D eigenvalue weighted by Crippen LogP contribution is 2.18. The van der Waals surface area contributed by atoms with Gasteiger partial charge in [-0.1, -0.05) is 0 Å². The van der Waals surface area contributed by atoms with E-state index in [9.17, 15) is 18.0 Å². The zero-order valence-electron chi connectivity index (χ0n) is 9.21. The lowest BCUT2D eigenvalue weighted by molar-refractivity contribution is -0.132. The minimum Gasteiger partial charge on any atom is -0.396 e. The van der Waals surface area contributed by atoms with Crippen LogP contribution in [0, 0.1) is 0 Å². The maximum Gasteiger partial charge on any atom is 0.390 e. The average molecular weight is 250 g/mol. The summed E-state index contributed by atoms with van der Waals surface area (Å²) in [5.74, 6) is -0.647. The van der Waals surface area contributed by atoms with Crippen molar-refractivity contribution in [2.75, 3.05) is 12.3 Å². The molecule has 0 bridgehead atoms. The number of carbonyl (C=O) groups excluding carboxylic acids is 1. The Balaban J connectivity index is 2.61. The van der Waals surface area contributed by atoms with Crippen molar-refractivity contribution in [3.8, 4) is 0 Å². The molecule has 3 N–H and O–H groups in total. The third kappa shape index (κ3) is 3.65. The fraction of sp³-hybridized carbons (Fsp3) is 0.556. The van der Waals surface area contributed by atoms with Gasteiger partial charge in [-0.15, -0.1) is 0 Å². The predicted octanol–water partition coefficient (Wildman–Crippen LogP) is 1.17. The Hall–Kier alpha value is -1.73. The molecule has 1 amide bonds. The van der Waals surface area contributed by atoms with Crippen molar-refractivity contribution >= 4 is 11.6 Å². The zero-order valence-corrected chi connectivity index (χ0v) is 9.21. The van der Waals surface area contributed by atoms with Gasteiger partial charge in [-0.2, -0.15) is 18.3 Å². The van der Waals surface area contributed by atoms with Crippen molar-refractivity contribution in [3.63, 3.8) is 0 Å². The fourth-order valence-corrected chi connectivity index (χ4v) is 1.29. The lowest BCUT2D eigenvalue weighted by Crippen LogP contribution is -2.30. The van der Waals surface area contributed by atoms with Crippen LogP contribution >= 0.6 is 0 Å². The number of hydrogen-bond donors (Lipinski definition) is 2. The van der Waals surface area contributed by atoms with Gasteiger partial charge in [0.05, 0.1) is 18.3 Å². The van der Waals surface area contributed by atoms with Gasteiger partial charge in [0.2, 0.25) is 0 Å². The SMILES string of the molecule is CCn1ncc(N)c1C(=O)NCCC(F)(F)F. The molecule has 0 aliphatic carbocycles. The summed E-state index contributed by atoms with van der Waals surface area (Å²) in [5, 5.41) is 5.98. The van der Waals surface area contributed by atoms with E-state index in [0.717, 1.165) is 0 Å². The highest BCUT2D eigenvalue weighted by atomic mass is 19.4. The number of carbonyl (C=O) groups is 1. The number of aromatic nitrogens is 2. The molecule has 0 radical (unpaired) electrons. The maximum absolute atomic E-state index is 11.9. The third-order valence-corrected chi connectivity index (χ3v) is 2.08. The lowest BCUT2D eigenvalue weighted by atomic mass is 10.3. The average Bonchev–Trinajstić information content (AvgIpc) is 2.57. The van der Waals surface area contributed by atoms with Crippen LogP contribution in [-0.4, -0.2) is 28.4 Å². The van der Waals surface area contributed by atoms with Gasteiger partial charge in [0.25, 0.3) is 5.91 Å². The van der Waals surface area contributed by atoms with Gasteiger partial charge in [0.15, 0.2) is 0 Å². The molecule has 0 spiro atoms. The predicted molar refractivity (Wildman–Crippen MR) is 55.3 cm³/mol. The van der Waals surface area contributed by atoms with Crippen LogP contribution in [0.25, 0.3) is 0 Å². The molecule has 0 saturated carbocycles. The van der Waals surface area contributed by atoms with E-state index in [2.05, 4.69) is 10.4 Å². The number of halogens is 3. The van der Waals surface area contributed by atoms with Crippen LogP contribution < -0.4 is 11.1 Å². The first kappa shape index (κ1) is 13.3. The van der Waals surface area contributed by atoms with Crippen LogP contribution in [0.2, 0.25) is 0 Å². The van der Waals surface area contributed by atoms with Crippen LogP contribution in [0.5, 0.6) is 0 Å². The molecule has 5 nitrogen and oxygen atoms in total. The van der Waals surface area contributed by atoms with Gasteiger partial charge >= 0.3 is 6.18 Å². The lowest BCUT2D eigenvalue weighted by Gasteiger charge is -2.09. The number of nitrogens with two attached hydrogens (primary N) is 1. The highest BCUT2D eigenvalue weighted by molar-refractivity contribution is 5.97. The molecule has 0 saturated heterocycles. The minimum absolute atomic E-state index is 0.0923. The van der Waals surface area contributed by atoms with Crippen LogP contribution in [-0.2, 0) is 6.54 Å². The quantitative estimate of drug-likeness (QED) is 0.842. The smallest absolute Gasteiger partial charge is 0.390 e. The second kappa shape index (κ2) is 5.07. The van der Waals surface area contributed by atoms with E-state index >= 15 is 0 Å². The second-order valence-corrected chi connectivity index (χ2v) is 3.39. The molecule has 0 atom stereocenters. The zero-order chi connectivity index (χ0) is 13.1. The van der Waals surface area contributed by atoms with Gasteiger partial charge in [-0.3, -0.25) is 9.48 Å². The van der Waals surface area contributed by atoms with Crippen LogP contribution in [0.4, 0.5) is 18.9 Å². The molecule has 0 unspecified atom stereocenters. The van der Waals surface area contributed by atoms with Crippen molar-refractivity contribution in [2.24, 2.45) is 0 Å². The van der Waals surface area contributed by atoms with Crippen molar-refractivity contribution in [1.82, 2.24) is 15.1 Å². The van der Waals surface area contributed by atoms with E-state index < -0.39 is 25.0 Å². The second-order valence-electron chi connectivity index (χ2n) is 3.39. The summed E-state index contributed by atoms with van der Waals surface area (Å²) >= 11 is 0. The number of rotatable bonds is 4. The van der Waals surface area contributed by atoms with Gasteiger partial charge in [-0.05, 0) is 6.92 Å². The van der Waals surface area contributed by atoms with Crippen molar-refractivity contribution in [1.29, 1.82) is 0 Å². The van der Waals surface area contributed by atoms with E-state index in [1.165, 1.54) is 10.9 Å². The summed E-state index contributed by atoms with van der Waals surface area (Å²) in [5.41, 5.74) is 5.75. The van der Waals surface area contributed by atoms with Crippen molar-refractivity contribution < 1.29 is 18.0 Å². The van der Waals surface area contributed by atoms with Gasteiger partial charge in [0.1, 0.15) is 5.69 Å². The number of aryl methyl sites for hydroxylation is 1. The molecular weight excluding hydrogens is 237 g/mol. The summed E-state index contributed by atoms with van der Waals surface area (Å²) in [6.45, 7) is 1.69. The Morgan fingerprint density at radius 1 is 1.59 bits per heavy atom. The van der Waals surface area contributed by atoms with Crippen molar-refractivity contribution in [3.05, 3.63) is 11.9 Å².